The van der Waals surface area contributed by atoms with E-state index in [1.165, 1.54) is 19.3 Å². The molecular formula is C30H34ClN5O3. The van der Waals surface area contributed by atoms with Gasteiger partial charge in [-0.05, 0) is 43.9 Å². The molecule has 1 aliphatic carbocycles. The van der Waals surface area contributed by atoms with Crippen molar-refractivity contribution in [3.8, 4) is 11.3 Å². The summed E-state index contributed by atoms with van der Waals surface area (Å²) in [5.41, 5.74) is 4.51. The molecule has 39 heavy (non-hydrogen) atoms. The predicted octanol–water partition coefficient (Wildman–Crippen LogP) is 5.04. The third kappa shape index (κ3) is 5.92. The molecule has 0 unspecified atom stereocenters. The summed E-state index contributed by atoms with van der Waals surface area (Å²) in [5, 5.41) is 16.6. The number of aliphatic hydroxyl groups is 1. The van der Waals surface area contributed by atoms with Crippen LogP contribution in [0.15, 0.2) is 48.7 Å². The Bertz CT molecular complexity index is 1370. The number of fused-ring (bicyclic) bond motifs is 1. The van der Waals surface area contributed by atoms with Crippen molar-refractivity contribution in [3.05, 3.63) is 75.9 Å². The Kier molecular flexibility index (Phi) is 8.14. The number of carbonyl (C=O) groups excluding carboxylic acids is 2. The molecular weight excluding hydrogens is 514 g/mol. The molecule has 5 rings (SSSR count). The first kappa shape index (κ1) is 27.1. The number of halogens is 1. The molecule has 3 aromatic rings. The van der Waals surface area contributed by atoms with E-state index in [9.17, 15) is 14.7 Å². The third-order valence-corrected chi connectivity index (χ3v) is 7.96. The molecule has 3 N–H and O–H groups in total. The number of anilines is 1. The predicted molar refractivity (Wildman–Crippen MR) is 151 cm³/mol. The smallest absolute Gasteiger partial charge is 0.255 e. The van der Waals surface area contributed by atoms with Gasteiger partial charge in [0.15, 0.2) is 0 Å². The zero-order valence-corrected chi connectivity index (χ0v) is 23.0. The van der Waals surface area contributed by atoms with Gasteiger partial charge in [-0.25, -0.2) is 9.97 Å². The lowest BCUT2D eigenvalue weighted by Gasteiger charge is -2.26. The lowest BCUT2D eigenvalue weighted by Crippen LogP contribution is -2.46. The normalized spacial score (nSPS) is 17.0. The minimum atomic E-state index is -0.721. The van der Waals surface area contributed by atoms with E-state index in [1.54, 1.807) is 24.1 Å². The van der Waals surface area contributed by atoms with Crippen molar-refractivity contribution < 1.29 is 14.7 Å². The van der Waals surface area contributed by atoms with Crippen LogP contribution < -0.4 is 10.6 Å². The van der Waals surface area contributed by atoms with Gasteiger partial charge >= 0.3 is 0 Å². The number of nitrogens with zero attached hydrogens (tertiary/aromatic N) is 3. The zero-order valence-electron chi connectivity index (χ0n) is 22.3. The number of aryl methyl sites for hydroxylation is 1. The maximum atomic E-state index is 13.4. The summed E-state index contributed by atoms with van der Waals surface area (Å²) < 4.78 is 0. The van der Waals surface area contributed by atoms with Crippen LogP contribution in [-0.4, -0.2) is 50.5 Å². The Balaban J connectivity index is 1.31. The van der Waals surface area contributed by atoms with Crippen LogP contribution in [0.2, 0.25) is 5.02 Å². The zero-order chi connectivity index (χ0) is 27.5. The average molecular weight is 548 g/mol. The Morgan fingerprint density at radius 3 is 2.72 bits per heavy atom. The second-order valence-corrected chi connectivity index (χ2v) is 10.9. The van der Waals surface area contributed by atoms with Gasteiger partial charge in [-0.15, -0.1) is 0 Å². The quantitative estimate of drug-likeness (QED) is 0.364. The van der Waals surface area contributed by atoms with Crippen LogP contribution in [0.4, 0.5) is 5.95 Å². The van der Waals surface area contributed by atoms with E-state index in [0.29, 0.717) is 34.8 Å². The van der Waals surface area contributed by atoms with Gasteiger partial charge in [-0.2, -0.15) is 0 Å². The topological polar surface area (TPSA) is 107 Å². The molecule has 1 fully saturated rings. The first-order valence-electron chi connectivity index (χ1n) is 13.5. The van der Waals surface area contributed by atoms with Crippen LogP contribution in [-0.2, 0) is 11.3 Å². The second kappa shape index (κ2) is 11.7. The molecule has 8 nitrogen and oxygen atoms in total. The summed E-state index contributed by atoms with van der Waals surface area (Å²) >= 11 is 6.48. The number of hydrogen-bond donors (Lipinski definition) is 3. The summed E-state index contributed by atoms with van der Waals surface area (Å²) in [6, 6.07) is 12.3. The molecule has 2 atom stereocenters. The van der Waals surface area contributed by atoms with Crippen LogP contribution in [0, 0.1) is 6.92 Å². The Morgan fingerprint density at radius 2 is 1.97 bits per heavy atom. The number of nitrogens with one attached hydrogen (secondary N) is 2. The van der Waals surface area contributed by atoms with Crippen LogP contribution in [0.5, 0.6) is 0 Å². The van der Waals surface area contributed by atoms with Gasteiger partial charge in [0.1, 0.15) is 6.04 Å². The highest BCUT2D eigenvalue weighted by Gasteiger charge is 2.35. The molecule has 1 aliphatic heterocycles. The van der Waals surface area contributed by atoms with Crippen molar-refractivity contribution in [3.63, 3.8) is 0 Å². The molecule has 0 spiro atoms. The van der Waals surface area contributed by atoms with E-state index in [1.807, 2.05) is 43.3 Å². The number of rotatable bonds is 8. The van der Waals surface area contributed by atoms with E-state index in [2.05, 4.69) is 20.6 Å². The molecule has 2 aliphatic rings. The molecule has 204 valence electrons. The molecule has 2 aromatic carbocycles. The maximum absolute atomic E-state index is 13.4. The minimum Gasteiger partial charge on any atom is -0.394 e. The lowest BCUT2D eigenvalue weighted by molar-refractivity contribution is -0.126. The number of carbonyl (C=O) groups is 2. The number of benzene rings is 2. The van der Waals surface area contributed by atoms with E-state index in [-0.39, 0.29) is 18.4 Å². The highest BCUT2D eigenvalue weighted by atomic mass is 35.5. The maximum Gasteiger partial charge on any atom is 0.255 e. The molecule has 2 heterocycles. The molecule has 1 saturated carbocycles. The molecule has 1 aromatic heterocycles. The van der Waals surface area contributed by atoms with E-state index >= 15 is 0 Å². The van der Waals surface area contributed by atoms with Gasteiger partial charge in [0.2, 0.25) is 11.9 Å². The van der Waals surface area contributed by atoms with E-state index in [0.717, 1.165) is 35.1 Å². The fourth-order valence-corrected chi connectivity index (χ4v) is 5.61. The number of hydrogen-bond acceptors (Lipinski definition) is 6. The van der Waals surface area contributed by atoms with Crippen molar-refractivity contribution in [2.75, 3.05) is 11.9 Å². The summed E-state index contributed by atoms with van der Waals surface area (Å²) in [4.78, 5) is 37.2. The van der Waals surface area contributed by atoms with Gasteiger partial charge in [0, 0.05) is 23.7 Å². The fourth-order valence-electron chi connectivity index (χ4n) is 5.41. The Labute approximate surface area is 233 Å². The lowest BCUT2D eigenvalue weighted by atomic mass is 9.96. The molecule has 9 heteroatoms. The Hall–Kier alpha value is -3.49. The first-order valence-corrected chi connectivity index (χ1v) is 13.9. The number of amides is 2. The highest BCUT2D eigenvalue weighted by Crippen LogP contribution is 2.33. The van der Waals surface area contributed by atoms with Crippen molar-refractivity contribution in [2.24, 2.45) is 0 Å². The monoisotopic (exact) mass is 547 g/mol. The largest absolute Gasteiger partial charge is 0.394 e. The highest BCUT2D eigenvalue weighted by molar-refractivity contribution is 6.33. The van der Waals surface area contributed by atoms with Crippen molar-refractivity contribution in [1.82, 2.24) is 20.2 Å². The minimum absolute atomic E-state index is 0.226. The standard InChI is InChI=1S/C30H34ClN5O3/c1-18-7-6-8-20(13-18)26(17-37)34-28(38)19(2)36-16-22-12-11-21(14-24(22)29(36)39)27-25(31)15-32-30(35-27)33-23-9-4-3-5-10-23/h6-8,11-15,19,23,26,37H,3-5,9-10,16-17H2,1-2H3,(H,34,38)(H,32,33,35)/t19-,26-/m1/s1. The Morgan fingerprint density at radius 1 is 1.18 bits per heavy atom. The van der Waals surface area contributed by atoms with E-state index in [4.69, 9.17) is 11.6 Å². The SMILES string of the molecule is Cc1cccc([C@@H](CO)NC(=O)[C@@H](C)N2Cc3ccc(-c4nc(NC5CCCCC5)ncc4Cl)cc3C2=O)c1. The van der Waals surface area contributed by atoms with Crippen LogP contribution in [0.1, 0.15) is 72.1 Å². The molecule has 0 bridgehead atoms. The van der Waals surface area contributed by atoms with Crippen LogP contribution in [0.3, 0.4) is 0 Å². The molecule has 2 amide bonds. The van der Waals surface area contributed by atoms with Gasteiger partial charge in [0.25, 0.3) is 5.91 Å². The fraction of sp³-hybridized carbons (Fsp3) is 0.400. The summed E-state index contributed by atoms with van der Waals surface area (Å²) in [7, 11) is 0. The summed E-state index contributed by atoms with van der Waals surface area (Å²) in [6.07, 6.45) is 7.45. The number of aromatic nitrogens is 2. The molecule has 0 saturated heterocycles. The van der Waals surface area contributed by atoms with Crippen molar-refractivity contribution >= 4 is 29.4 Å². The van der Waals surface area contributed by atoms with Gasteiger partial charge < -0.3 is 20.6 Å². The van der Waals surface area contributed by atoms with Crippen molar-refractivity contribution in [1.29, 1.82) is 0 Å². The average Bonchev–Trinajstić information content (AvgIpc) is 3.28. The van der Waals surface area contributed by atoms with Crippen molar-refractivity contribution in [2.45, 2.75) is 70.6 Å². The van der Waals surface area contributed by atoms with Crippen LogP contribution in [0.25, 0.3) is 11.3 Å². The molecule has 0 radical (unpaired) electrons. The van der Waals surface area contributed by atoms with Crippen LogP contribution >= 0.6 is 11.6 Å². The third-order valence-electron chi connectivity index (χ3n) is 7.69. The van der Waals surface area contributed by atoms with Gasteiger partial charge in [-0.3, -0.25) is 9.59 Å². The van der Waals surface area contributed by atoms with E-state index < -0.39 is 12.1 Å². The van der Waals surface area contributed by atoms with Gasteiger partial charge in [0.05, 0.1) is 29.6 Å². The van der Waals surface area contributed by atoms with Gasteiger partial charge in [-0.1, -0.05) is 72.8 Å². The summed E-state index contributed by atoms with van der Waals surface area (Å²) in [6.45, 7) is 3.74. The second-order valence-electron chi connectivity index (χ2n) is 10.5. The number of aliphatic hydroxyl groups excluding tert-OH is 1. The summed E-state index contributed by atoms with van der Waals surface area (Å²) in [5.74, 6) is -0.0161. The first-order chi connectivity index (χ1) is 18.8.